The number of piperidine rings is 1. The molecule has 0 radical (unpaired) electrons. The number of aromatic amines is 1. The van der Waals surface area contributed by atoms with Crippen LogP contribution in [0.4, 0.5) is 26.3 Å². The maximum absolute atomic E-state index is 13.0. The zero-order valence-corrected chi connectivity index (χ0v) is 21.6. The highest BCUT2D eigenvalue weighted by atomic mass is 19.4. The van der Waals surface area contributed by atoms with Crippen LogP contribution in [0.3, 0.4) is 0 Å². The summed E-state index contributed by atoms with van der Waals surface area (Å²) < 4.78 is 83.3. The first-order valence-electron chi connectivity index (χ1n) is 13.0. The molecule has 1 aliphatic heterocycles. The molecule has 1 saturated heterocycles. The summed E-state index contributed by atoms with van der Waals surface area (Å²) in [5, 5.41) is 3.95. The quantitative estimate of drug-likeness (QED) is 0.236. The largest absolute Gasteiger partial charge is 0.416 e. The lowest BCUT2D eigenvalue weighted by Crippen LogP contribution is -2.33. The SMILES string of the molecule is CCCc1[nH]c(C2CCN(Cc3noc(-c4cccc(C(F)(F)F)c4)n3)CC2)nc1-c1ccc(C(F)(F)F)cc1. The number of rotatable bonds is 7. The molecule has 6 nitrogen and oxygen atoms in total. The summed E-state index contributed by atoms with van der Waals surface area (Å²) in [6, 6.07) is 9.84. The van der Waals surface area contributed by atoms with Crippen LogP contribution in [-0.4, -0.2) is 38.1 Å². The van der Waals surface area contributed by atoms with E-state index in [-0.39, 0.29) is 17.4 Å². The first-order valence-corrected chi connectivity index (χ1v) is 13.0. The van der Waals surface area contributed by atoms with Gasteiger partial charge in [0.15, 0.2) is 5.82 Å². The number of benzene rings is 2. The van der Waals surface area contributed by atoms with Gasteiger partial charge in [0, 0.05) is 22.7 Å². The van der Waals surface area contributed by atoms with Crippen molar-refractivity contribution in [3.63, 3.8) is 0 Å². The van der Waals surface area contributed by atoms with E-state index in [0.717, 1.165) is 74.6 Å². The lowest BCUT2D eigenvalue weighted by molar-refractivity contribution is -0.138. The molecule has 1 fully saturated rings. The maximum Gasteiger partial charge on any atom is 0.416 e. The number of alkyl halides is 6. The van der Waals surface area contributed by atoms with Gasteiger partial charge in [-0.15, -0.1) is 0 Å². The number of aromatic nitrogens is 4. The minimum absolute atomic E-state index is 0.0332. The lowest BCUT2D eigenvalue weighted by Gasteiger charge is -2.30. The van der Waals surface area contributed by atoms with Crippen molar-refractivity contribution in [1.82, 2.24) is 25.0 Å². The summed E-state index contributed by atoms with van der Waals surface area (Å²) in [6.07, 6.45) is -5.67. The van der Waals surface area contributed by atoms with E-state index >= 15 is 0 Å². The summed E-state index contributed by atoms with van der Waals surface area (Å²) in [5.74, 6) is 1.40. The van der Waals surface area contributed by atoms with Gasteiger partial charge in [-0.3, -0.25) is 4.90 Å². The maximum atomic E-state index is 13.0. The normalized spacial score (nSPS) is 15.6. The predicted molar refractivity (Wildman–Crippen MR) is 135 cm³/mol. The summed E-state index contributed by atoms with van der Waals surface area (Å²) in [5.41, 5.74) is 0.964. The molecule has 12 heteroatoms. The summed E-state index contributed by atoms with van der Waals surface area (Å²) in [4.78, 5) is 14.7. The number of likely N-dealkylation sites (tertiary alicyclic amines) is 1. The molecule has 5 rings (SSSR count). The predicted octanol–water partition coefficient (Wildman–Crippen LogP) is 7.50. The van der Waals surface area contributed by atoms with Crippen molar-refractivity contribution in [3.8, 4) is 22.7 Å². The van der Waals surface area contributed by atoms with Gasteiger partial charge in [0.25, 0.3) is 5.89 Å². The fourth-order valence-corrected chi connectivity index (χ4v) is 4.94. The zero-order valence-electron chi connectivity index (χ0n) is 21.6. The van der Waals surface area contributed by atoms with E-state index in [4.69, 9.17) is 9.51 Å². The van der Waals surface area contributed by atoms with E-state index in [9.17, 15) is 26.3 Å². The molecule has 0 spiro atoms. The molecule has 0 bridgehead atoms. The second-order valence-corrected chi connectivity index (χ2v) is 9.92. The number of imidazole rings is 1. The zero-order chi connectivity index (χ0) is 28.5. The monoisotopic (exact) mass is 563 g/mol. The molecular weight excluding hydrogens is 536 g/mol. The number of aryl methyl sites for hydroxylation is 1. The Hall–Kier alpha value is -3.67. The third kappa shape index (κ3) is 6.22. The second kappa shape index (κ2) is 11.1. The Morgan fingerprint density at radius 3 is 2.25 bits per heavy atom. The molecule has 2 aromatic heterocycles. The molecule has 4 aromatic rings. The van der Waals surface area contributed by atoms with Gasteiger partial charge in [-0.1, -0.05) is 36.7 Å². The van der Waals surface area contributed by atoms with Gasteiger partial charge in [-0.25, -0.2) is 4.98 Å². The third-order valence-corrected chi connectivity index (χ3v) is 7.03. The molecular formula is C28H27F6N5O. The van der Waals surface area contributed by atoms with Crippen molar-refractivity contribution in [3.05, 3.63) is 77.0 Å². The van der Waals surface area contributed by atoms with Crippen LogP contribution in [0.2, 0.25) is 0 Å². The number of hydrogen-bond acceptors (Lipinski definition) is 5. The molecule has 0 atom stereocenters. The average Bonchev–Trinajstić information content (AvgIpc) is 3.56. The van der Waals surface area contributed by atoms with Crippen LogP contribution in [0.25, 0.3) is 22.7 Å². The number of nitrogens with one attached hydrogen (secondary N) is 1. The molecule has 212 valence electrons. The van der Waals surface area contributed by atoms with Crippen LogP contribution < -0.4 is 0 Å². The summed E-state index contributed by atoms with van der Waals surface area (Å²) in [6.45, 7) is 3.87. The Morgan fingerprint density at radius 1 is 0.900 bits per heavy atom. The van der Waals surface area contributed by atoms with Crippen molar-refractivity contribution in [2.45, 2.75) is 57.4 Å². The molecule has 3 heterocycles. The molecule has 0 unspecified atom stereocenters. The van der Waals surface area contributed by atoms with Crippen LogP contribution in [0.5, 0.6) is 0 Å². The van der Waals surface area contributed by atoms with Crippen LogP contribution in [0.1, 0.15) is 60.6 Å². The van der Waals surface area contributed by atoms with Gasteiger partial charge in [0.2, 0.25) is 0 Å². The topological polar surface area (TPSA) is 70.8 Å². The minimum Gasteiger partial charge on any atom is -0.345 e. The number of halogens is 6. The summed E-state index contributed by atoms with van der Waals surface area (Å²) >= 11 is 0. The highest BCUT2D eigenvalue weighted by Crippen LogP contribution is 2.35. The van der Waals surface area contributed by atoms with E-state index < -0.39 is 23.5 Å². The Balaban J connectivity index is 1.23. The van der Waals surface area contributed by atoms with Gasteiger partial charge in [0.05, 0.1) is 23.4 Å². The van der Waals surface area contributed by atoms with E-state index in [1.807, 2.05) is 6.92 Å². The Bertz CT molecular complexity index is 1430. The summed E-state index contributed by atoms with van der Waals surface area (Å²) in [7, 11) is 0. The van der Waals surface area contributed by atoms with Crippen molar-refractivity contribution in [2.24, 2.45) is 0 Å². The van der Waals surface area contributed by atoms with Gasteiger partial charge >= 0.3 is 12.4 Å². The van der Waals surface area contributed by atoms with Gasteiger partial charge < -0.3 is 9.51 Å². The Kier molecular flexibility index (Phi) is 7.72. The molecule has 2 aromatic carbocycles. The molecule has 0 amide bonds. The first kappa shape index (κ1) is 27.9. The van der Waals surface area contributed by atoms with Crippen LogP contribution in [0.15, 0.2) is 53.1 Å². The fourth-order valence-electron chi connectivity index (χ4n) is 4.94. The molecule has 1 N–H and O–H groups in total. The van der Waals surface area contributed by atoms with Gasteiger partial charge in [-0.2, -0.15) is 31.3 Å². The lowest BCUT2D eigenvalue weighted by atomic mass is 9.96. The standard InChI is InChI=1S/C28H27F6N5O/c1-2-4-22-24(17-7-9-20(10-8-17)27(29,30)31)37-25(35-22)18-11-13-39(14-12-18)16-23-36-26(40-38-23)19-5-3-6-21(15-19)28(32,33)34/h3,5-10,15,18H,2,4,11-14,16H2,1H3,(H,35,37). The second-order valence-electron chi connectivity index (χ2n) is 9.92. The van der Waals surface area contributed by atoms with E-state index in [2.05, 4.69) is 20.0 Å². The van der Waals surface area contributed by atoms with Gasteiger partial charge in [-0.05, 0) is 62.7 Å². The minimum atomic E-state index is -4.47. The van der Waals surface area contributed by atoms with Crippen molar-refractivity contribution < 1.29 is 30.9 Å². The molecule has 0 saturated carbocycles. The third-order valence-electron chi connectivity index (χ3n) is 7.03. The highest BCUT2D eigenvalue weighted by molar-refractivity contribution is 5.63. The molecule has 0 aliphatic carbocycles. The average molecular weight is 564 g/mol. The smallest absolute Gasteiger partial charge is 0.345 e. The van der Waals surface area contributed by atoms with Crippen LogP contribution in [0, 0.1) is 0 Å². The molecule has 1 aliphatic rings. The fraction of sp³-hybridized carbons (Fsp3) is 0.393. The number of nitrogens with zero attached hydrogens (tertiary/aromatic N) is 4. The highest BCUT2D eigenvalue weighted by Gasteiger charge is 2.32. The van der Waals surface area contributed by atoms with E-state index in [0.29, 0.717) is 23.6 Å². The van der Waals surface area contributed by atoms with E-state index in [1.54, 1.807) is 0 Å². The number of hydrogen-bond donors (Lipinski definition) is 1. The molecule has 40 heavy (non-hydrogen) atoms. The van der Waals surface area contributed by atoms with Crippen molar-refractivity contribution in [2.75, 3.05) is 13.1 Å². The number of H-pyrrole nitrogens is 1. The van der Waals surface area contributed by atoms with E-state index in [1.165, 1.54) is 24.3 Å². The first-order chi connectivity index (χ1) is 19.0. The van der Waals surface area contributed by atoms with Crippen molar-refractivity contribution >= 4 is 0 Å². The Morgan fingerprint density at radius 2 is 1.60 bits per heavy atom. The van der Waals surface area contributed by atoms with Crippen LogP contribution >= 0.6 is 0 Å². The van der Waals surface area contributed by atoms with Crippen molar-refractivity contribution in [1.29, 1.82) is 0 Å². The van der Waals surface area contributed by atoms with Crippen LogP contribution in [-0.2, 0) is 25.3 Å². The Labute approximate surface area is 226 Å². The van der Waals surface area contributed by atoms with Gasteiger partial charge in [0.1, 0.15) is 5.82 Å².